The summed E-state index contributed by atoms with van der Waals surface area (Å²) in [4.78, 5) is 31.0. The fourth-order valence-electron chi connectivity index (χ4n) is 4.53. The fourth-order valence-corrected chi connectivity index (χ4v) is 4.53. The molecule has 0 atom stereocenters. The molecule has 1 N–H and O–H groups in total. The van der Waals surface area contributed by atoms with Crippen molar-refractivity contribution in [2.45, 2.75) is 19.1 Å². The number of hydrogen-bond acceptors (Lipinski definition) is 5. The standard InChI is InChI=1S/C25H29F3N4O3/c1-35-20-7-6-18-8-9-31(15-19(18)14-20)17-24(34)32-12-10-30(11-13-32)16-23(33)29-22-5-3-2-4-21(22)25(26,27)28/h2-7,14H,8-13,15-17H2,1H3,(H,29,33). The Labute approximate surface area is 202 Å². The molecule has 0 radical (unpaired) electrons. The van der Waals surface area contributed by atoms with E-state index in [0.29, 0.717) is 39.3 Å². The molecule has 1 saturated heterocycles. The summed E-state index contributed by atoms with van der Waals surface area (Å²) in [5, 5.41) is 2.37. The number of carbonyl (C=O) groups is 2. The Morgan fingerprint density at radius 2 is 1.69 bits per heavy atom. The van der Waals surface area contributed by atoms with Gasteiger partial charge in [0.15, 0.2) is 0 Å². The molecule has 0 aliphatic carbocycles. The summed E-state index contributed by atoms with van der Waals surface area (Å²) >= 11 is 0. The minimum Gasteiger partial charge on any atom is -0.497 e. The third-order valence-corrected chi connectivity index (χ3v) is 6.46. The Kier molecular flexibility index (Phi) is 7.61. The summed E-state index contributed by atoms with van der Waals surface area (Å²) in [6, 6.07) is 11.0. The number of alkyl halides is 3. The Morgan fingerprint density at radius 1 is 0.943 bits per heavy atom. The number of hydrogen-bond donors (Lipinski definition) is 1. The van der Waals surface area contributed by atoms with Crippen molar-refractivity contribution in [3.8, 4) is 5.75 Å². The average Bonchev–Trinajstić information content (AvgIpc) is 2.83. The van der Waals surface area contributed by atoms with Crippen molar-refractivity contribution in [2.24, 2.45) is 0 Å². The molecule has 188 valence electrons. The largest absolute Gasteiger partial charge is 0.497 e. The fraction of sp³-hybridized carbons (Fsp3) is 0.440. The van der Waals surface area contributed by atoms with Crippen LogP contribution in [0.15, 0.2) is 42.5 Å². The number of anilines is 1. The second-order valence-corrected chi connectivity index (χ2v) is 8.84. The van der Waals surface area contributed by atoms with Gasteiger partial charge in [-0.05, 0) is 41.8 Å². The molecule has 2 aliphatic rings. The lowest BCUT2D eigenvalue weighted by Crippen LogP contribution is -2.52. The molecule has 0 bridgehead atoms. The molecular weight excluding hydrogens is 461 g/mol. The second kappa shape index (κ2) is 10.7. The van der Waals surface area contributed by atoms with Gasteiger partial charge in [0.05, 0.1) is 31.5 Å². The lowest BCUT2D eigenvalue weighted by atomic mass is 9.99. The summed E-state index contributed by atoms with van der Waals surface area (Å²) in [5.41, 5.74) is 1.33. The smallest absolute Gasteiger partial charge is 0.418 e. The quantitative estimate of drug-likeness (QED) is 0.675. The zero-order valence-electron chi connectivity index (χ0n) is 19.6. The first kappa shape index (κ1) is 25.0. The first-order chi connectivity index (χ1) is 16.7. The van der Waals surface area contributed by atoms with Gasteiger partial charge in [-0.25, -0.2) is 0 Å². The van der Waals surface area contributed by atoms with Gasteiger partial charge in [-0.1, -0.05) is 18.2 Å². The molecule has 2 amide bonds. The van der Waals surface area contributed by atoms with Crippen LogP contribution in [-0.4, -0.2) is 79.4 Å². The summed E-state index contributed by atoms with van der Waals surface area (Å²) in [7, 11) is 1.64. The van der Waals surface area contributed by atoms with Gasteiger partial charge in [0.1, 0.15) is 5.75 Å². The highest BCUT2D eigenvalue weighted by molar-refractivity contribution is 5.93. The summed E-state index contributed by atoms with van der Waals surface area (Å²) in [6.07, 6.45) is -3.66. The number of amides is 2. The Morgan fingerprint density at radius 3 is 2.40 bits per heavy atom. The van der Waals surface area contributed by atoms with Gasteiger partial charge >= 0.3 is 6.18 Å². The van der Waals surface area contributed by atoms with Crippen LogP contribution in [0.5, 0.6) is 5.75 Å². The second-order valence-electron chi connectivity index (χ2n) is 8.84. The van der Waals surface area contributed by atoms with Gasteiger partial charge in [0.25, 0.3) is 0 Å². The Hall–Kier alpha value is -3.11. The Balaban J connectivity index is 1.24. The van der Waals surface area contributed by atoms with Crippen molar-refractivity contribution in [1.82, 2.24) is 14.7 Å². The van der Waals surface area contributed by atoms with Crippen molar-refractivity contribution in [2.75, 3.05) is 58.2 Å². The highest BCUT2D eigenvalue weighted by Gasteiger charge is 2.34. The topological polar surface area (TPSA) is 65.1 Å². The number of methoxy groups -OCH3 is 1. The molecular formula is C25H29F3N4O3. The van der Waals surface area contributed by atoms with E-state index in [4.69, 9.17) is 4.74 Å². The van der Waals surface area contributed by atoms with Crippen LogP contribution in [0.3, 0.4) is 0 Å². The number of nitrogens with zero attached hydrogens (tertiary/aromatic N) is 3. The molecule has 2 aromatic carbocycles. The van der Waals surface area contributed by atoms with Gasteiger partial charge < -0.3 is 15.0 Å². The van der Waals surface area contributed by atoms with Crippen molar-refractivity contribution >= 4 is 17.5 Å². The van der Waals surface area contributed by atoms with Crippen LogP contribution in [0.1, 0.15) is 16.7 Å². The number of carbonyl (C=O) groups excluding carboxylic acids is 2. The van der Waals surface area contributed by atoms with Crippen LogP contribution >= 0.6 is 0 Å². The van der Waals surface area contributed by atoms with Crippen molar-refractivity contribution in [1.29, 1.82) is 0 Å². The van der Waals surface area contributed by atoms with E-state index in [-0.39, 0.29) is 18.1 Å². The maximum Gasteiger partial charge on any atom is 0.418 e. The number of nitrogens with one attached hydrogen (secondary N) is 1. The molecule has 4 rings (SSSR count). The number of rotatable bonds is 6. The van der Waals surface area contributed by atoms with E-state index in [1.165, 1.54) is 29.3 Å². The number of halogens is 3. The maximum atomic E-state index is 13.1. The molecule has 0 saturated carbocycles. The highest BCUT2D eigenvalue weighted by Crippen LogP contribution is 2.34. The molecule has 10 heteroatoms. The average molecular weight is 491 g/mol. The summed E-state index contributed by atoms with van der Waals surface area (Å²) in [6.45, 7) is 3.72. The van der Waals surface area contributed by atoms with E-state index in [1.807, 2.05) is 17.0 Å². The van der Waals surface area contributed by atoms with Crippen LogP contribution in [0.2, 0.25) is 0 Å². The first-order valence-electron chi connectivity index (χ1n) is 11.6. The van der Waals surface area contributed by atoms with Crippen LogP contribution in [0.25, 0.3) is 0 Å². The van der Waals surface area contributed by atoms with Crippen LogP contribution in [-0.2, 0) is 28.7 Å². The monoisotopic (exact) mass is 490 g/mol. The number of benzene rings is 2. The van der Waals surface area contributed by atoms with E-state index < -0.39 is 17.6 Å². The van der Waals surface area contributed by atoms with Crippen LogP contribution < -0.4 is 10.1 Å². The van der Waals surface area contributed by atoms with Gasteiger partial charge in [-0.3, -0.25) is 19.4 Å². The van der Waals surface area contributed by atoms with Crippen molar-refractivity contribution < 1.29 is 27.5 Å². The lowest BCUT2D eigenvalue weighted by molar-refractivity contribution is -0.137. The molecule has 0 aromatic heterocycles. The molecule has 2 heterocycles. The molecule has 2 aliphatic heterocycles. The molecule has 0 unspecified atom stereocenters. The molecule has 35 heavy (non-hydrogen) atoms. The van der Waals surface area contributed by atoms with E-state index in [0.717, 1.165) is 24.8 Å². The third-order valence-electron chi connectivity index (χ3n) is 6.46. The Bertz CT molecular complexity index is 1070. The maximum absolute atomic E-state index is 13.1. The SMILES string of the molecule is COc1ccc2c(c1)CN(CC(=O)N1CCN(CC(=O)Nc3ccccc3C(F)(F)F)CC1)CC2. The lowest BCUT2D eigenvalue weighted by Gasteiger charge is -2.36. The number of fused-ring (bicyclic) bond motifs is 1. The van der Waals surface area contributed by atoms with Gasteiger partial charge in [0, 0.05) is 39.3 Å². The predicted octanol–water partition coefficient (Wildman–Crippen LogP) is 2.86. The molecule has 7 nitrogen and oxygen atoms in total. The van der Waals surface area contributed by atoms with Crippen LogP contribution in [0, 0.1) is 0 Å². The molecule has 2 aromatic rings. The normalized spacial score (nSPS) is 17.1. The minimum absolute atomic E-state index is 0.0288. The van der Waals surface area contributed by atoms with E-state index in [2.05, 4.69) is 16.3 Å². The van der Waals surface area contributed by atoms with Crippen molar-refractivity contribution in [3.05, 3.63) is 59.2 Å². The van der Waals surface area contributed by atoms with Gasteiger partial charge in [0.2, 0.25) is 11.8 Å². The van der Waals surface area contributed by atoms with Crippen molar-refractivity contribution in [3.63, 3.8) is 0 Å². The summed E-state index contributed by atoms with van der Waals surface area (Å²) < 4.78 is 44.7. The van der Waals surface area contributed by atoms with E-state index in [9.17, 15) is 22.8 Å². The zero-order chi connectivity index (χ0) is 25.0. The predicted molar refractivity (Wildman–Crippen MR) is 125 cm³/mol. The third kappa shape index (κ3) is 6.32. The number of para-hydroxylation sites is 1. The van der Waals surface area contributed by atoms with Gasteiger partial charge in [-0.15, -0.1) is 0 Å². The van der Waals surface area contributed by atoms with Gasteiger partial charge in [-0.2, -0.15) is 13.2 Å². The zero-order valence-corrected chi connectivity index (χ0v) is 19.6. The molecule has 0 spiro atoms. The summed E-state index contributed by atoms with van der Waals surface area (Å²) in [5.74, 6) is 0.336. The molecule has 1 fully saturated rings. The van der Waals surface area contributed by atoms with Crippen LogP contribution in [0.4, 0.5) is 18.9 Å². The number of piperazine rings is 1. The minimum atomic E-state index is -4.54. The number of ether oxygens (including phenoxy) is 1. The first-order valence-corrected chi connectivity index (χ1v) is 11.6. The van der Waals surface area contributed by atoms with E-state index in [1.54, 1.807) is 12.0 Å². The van der Waals surface area contributed by atoms with E-state index >= 15 is 0 Å². The highest BCUT2D eigenvalue weighted by atomic mass is 19.4.